The topological polar surface area (TPSA) is 70.2 Å². The minimum absolute atomic E-state index is 0.307. The van der Waals surface area contributed by atoms with E-state index >= 15 is 0 Å². The van der Waals surface area contributed by atoms with Crippen molar-refractivity contribution in [3.63, 3.8) is 0 Å². The predicted octanol–water partition coefficient (Wildman–Crippen LogP) is 1.01. The third-order valence-electron chi connectivity index (χ3n) is 3.48. The number of anilines is 1. The highest BCUT2D eigenvalue weighted by atomic mass is 32.2. The number of rotatable bonds is 6. The van der Waals surface area contributed by atoms with Gasteiger partial charge in [0.1, 0.15) is 4.90 Å². The molecule has 2 rings (SSSR count). The molecule has 0 aromatic heterocycles. The van der Waals surface area contributed by atoms with E-state index in [0.29, 0.717) is 16.5 Å². The van der Waals surface area contributed by atoms with Crippen LogP contribution >= 0.6 is 0 Å². The monoisotopic (exact) mass is 283 g/mol. The first kappa shape index (κ1) is 14.3. The molecule has 106 valence electrons. The molecule has 0 saturated carbocycles. The summed E-state index contributed by atoms with van der Waals surface area (Å²) in [7, 11) is -1.98. The van der Waals surface area contributed by atoms with E-state index < -0.39 is 10.0 Å². The molecule has 0 aliphatic carbocycles. The van der Waals surface area contributed by atoms with E-state index in [0.717, 1.165) is 26.1 Å². The molecule has 0 radical (unpaired) electrons. The van der Waals surface area contributed by atoms with Crippen LogP contribution in [0.1, 0.15) is 12.8 Å². The molecule has 0 amide bonds. The molecule has 1 fully saturated rings. The van der Waals surface area contributed by atoms with Gasteiger partial charge in [0.2, 0.25) is 10.0 Å². The molecule has 1 saturated heterocycles. The van der Waals surface area contributed by atoms with Crippen molar-refractivity contribution in [2.45, 2.75) is 17.7 Å². The first-order valence-electron chi connectivity index (χ1n) is 6.60. The molecule has 1 aromatic rings. The van der Waals surface area contributed by atoms with Crippen LogP contribution in [0, 0.1) is 5.92 Å². The van der Waals surface area contributed by atoms with E-state index in [-0.39, 0.29) is 0 Å². The molecule has 0 spiro atoms. The second kappa shape index (κ2) is 6.36. The van der Waals surface area contributed by atoms with Crippen molar-refractivity contribution in [2.24, 2.45) is 5.92 Å². The van der Waals surface area contributed by atoms with Crippen molar-refractivity contribution in [2.75, 3.05) is 32.0 Å². The highest BCUT2D eigenvalue weighted by molar-refractivity contribution is 7.89. The maximum absolute atomic E-state index is 11.9. The van der Waals surface area contributed by atoms with Gasteiger partial charge in [-0.3, -0.25) is 0 Å². The molecule has 0 bridgehead atoms. The summed E-state index contributed by atoms with van der Waals surface area (Å²) in [6.45, 7) is 2.95. The molecule has 5 nitrogen and oxygen atoms in total. The highest BCUT2D eigenvalue weighted by Gasteiger charge is 2.17. The molecule has 1 aliphatic heterocycles. The maximum atomic E-state index is 11.9. The SMILES string of the molecule is CNS(=O)(=O)c1ccccc1NCCC1CCNC1. The van der Waals surface area contributed by atoms with Crippen molar-refractivity contribution in [1.82, 2.24) is 10.0 Å². The van der Waals surface area contributed by atoms with Crippen LogP contribution in [0.5, 0.6) is 0 Å². The molecule has 1 aromatic carbocycles. The molecule has 1 aliphatic rings. The number of benzene rings is 1. The van der Waals surface area contributed by atoms with Gasteiger partial charge in [0.05, 0.1) is 5.69 Å². The summed E-state index contributed by atoms with van der Waals surface area (Å²) < 4.78 is 26.1. The van der Waals surface area contributed by atoms with E-state index in [1.54, 1.807) is 18.2 Å². The summed E-state index contributed by atoms with van der Waals surface area (Å²) in [5.74, 6) is 0.695. The van der Waals surface area contributed by atoms with Crippen LogP contribution in [0.25, 0.3) is 0 Å². The van der Waals surface area contributed by atoms with Gasteiger partial charge >= 0.3 is 0 Å². The standard InChI is InChI=1S/C13H21N3O2S/c1-14-19(17,18)13-5-3-2-4-12(13)16-9-7-11-6-8-15-10-11/h2-5,11,14-16H,6-10H2,1H3. The van der Waals surface area contributed by atoms with Crippen LogP contribution in [-0.2, 0) is 10.0 Å². The van der Waals surface area contributed by atoms with E-state index in [2.05, 4.69) is 15.4 Å². The molecule has 1 heterocycles. The van der Waals surface area contributed by atoms with Gasteiger partial charge in [0.25, 0.3) is 0 Å². The van der Waals surface area contributed by atoms with Crippen molar-refractivity contribution >= 4 is 15.7 Å². The Morgan fingerprint density at radius 2 is 2.16 bits per heavy atom. The second-order valence-corrected chi connectivity index (χ2v) is 6.63. The first-order valence-corrected chi connectivity index (χ1v) is 8.09. The van der Waals surface area contributed by atoms with Gasteiger partial charge in [-0.15, -0.1) is 0 Å². The fourth-order valence-corrected chi connectivity index (χ4v) is 3.24. The van der Waals surface area contributed by atoms with Crippen LogP contribution in [0.2, 0.25) is 0 Å². The van der Waals surface area contributed by atoms with Gasteiger partial charge in [-0.2, -0.15) is 0 Å². The predicted molar refractivity (Wildman–Crippen MR) is 76.8 cm³/mol. The van der Waals surface area contributed by atoms with E-state index in [1.165, 1.54) is 13.5 Å². The van der Waals surface area contributed by atoms with Crippen molar-refractivity contribution in [1.29, 1.82) is 0 Å². The van der Waals surface area contributed by atoms with Gasteiger partial charge in [-0.25, -0.2) is 13.1 Å². The number of nitrogens with one attached hydrogen (secondary N) is 3. The Hall–Kier alpha value is -1.11. The Kier molecular flexibility index (Phi) is 4.79. The lowest BCUT2D eigenvalue weighted by atomic mass is 10.1. The number of sulfonamides is 1. The summed E-state index contributed by atoms with van der Waals surface area (Å²) in [6, 6.07) is 6.99. The quantitative estimate of drug-likeness (QED) is 0.728. The first-order chi connectivity index (χ1) is 9.13. The summed E-state index contributed by atoms with van der Waals surface area (Å²) in [5, 5.41) is 6.57. The normalized spacial score (nSPS) is 19.5. The third-order valence-corrected chi connectivity index (χ3v) is 4.95. The number of hydrogen-bond donors (Lipinski definition) is 3. The van der Waals surface area contributed by atoms with Crippen molar-refractivity contribution < 1.29 is 8.42 Å². The Bertz CT molecular complexity index is 510. The highest BCUT2D eigenvalue weighted by Crippen LogP contribution is 2.21. The third kappa shape index (κ3) is 3.68. The molecular formula is C13H21N3O2S. The van der Waals surface area contributed by atoms with Crippen LogP contribution in [-0.4, -0.2) is 35.1 Å². The molecule has 6 heteroatoms. The fourth-order valence-electron chi connectivity index (χ4n) is 2.33. The van der Waals surface area contributed by atoms with Gasteiger partial charge in [0.15, 0.2) is 0 Å². The summed E-state index contributed by atoms with van der Waals surface area (Å²) in [5.41, 5.74) is 0.669. The maximum Gasteiger partial charge on any atom is 0.242 e. The zero-order chi connectivity index (χ0) is 13.7. The Labute approximate surface area is 114 Å². The van der Waals surface area contributed by atoms with Gasteiger partial charge in [-0.1, -0.05) is 12.1 Å². The lowest BCUT2D eigenvalue weighted by Gasteiger charge is -2.13. The van der Waals surface area contributed by atoms with Crippen molar-refractivity contribution in [3.05, 3.63) is 24.3 Å². The van der Waals surface area contributed by atoms with Crippen LogP contribution in [0.15, 0.2) is 29.2 Å². The molecule has 3 N–H and O–H groups in total. The average molecular weight is 283 g/mol. The van der Waals surface area contributed by atoms with Gasteiger partial charge in [0, 0.05) is 6.54 Å². The zero-order valence-corrected chi connectivity index (χ0v) is 12.0. The number of para-hydroxylation sites is 1. The van der Waals surface area contributed by atoms with Crippen LogP contribution in [0.3, 0.4) is 0 Å². The fraction of sp³-hybridized carbons (Fsp3) is 0.538. The molecular weight excluding hydrogens is 262 g/mol. The summed E-state index contributed by atoms with van der Waals surface area (Å²) in [6.07, 6.45) is 2.26. The van der Waals surface area contributed by atoms with Gasteiger partial charge < -0.3 is 10.6 Å². The van der Waals surface area contributed by atoms with E-state index in [9.17, 15) is 8.42 Å². The number of hydrogen-bond acceptors (Lipinski definition) is 4. The molecule has 1 atom stereocenters. The van der Waals surface area contributed by atoms with Crippen LogP contribution in [0.4, 0.5) is 5.69 Å². The largest absolute Gasteiger partial charge is 0.384 e. The van der Waals surface area contributed by atoms with Gasteiger partial charge in [-0.05, 0) is 51.0 Å². The smallest absolute Gasteiger partial charge is 0.242 e. The Morgan fingerprint density at radius 1 is 1.37 bits per heavy atom. The van der Waals surface area contributed by atoms with E-state index in [4.69, 9.17) is 0 Å². The summed E-state index contributed by atoms with van der Waals surface area (Å²) >= 11 is 0. The van der Waals surface area contributed by atoms with E-state index in [1.807, 2.05) is 6.07 Å². The molecule has 1 unspecified atom stereocenters. The molecule has 19 heavy (non-hydrogen) atoms. The lowest BCUT2D eigenvalue weighted by Crippen LogP contribution is -2.20. The average Bonchev–Trinajstić information content (AvgIpc) is 2.92. The van der Waals surface area contributed by atoms with Crippen molar-refractivity contribution in [3.8, 4) is 0 Å². The van der Waals surface area contributed by atoms with Crippen LogP contribution < -0.4 is 15.4 Å². The minimum atomic E-state index is -3.40. The Morgan fingerprint density at radius 3 is 2.84 bits per heavy atom. The second-order valence-electron chi connectivity index (χ2n) is 4.78. The summed E-state index contributed by atoms with van der Waals surface area (Å²) in [4.78, 5) is 0.307. The minimum Gasteiger partial charge on any atom is -0.384 e. The zero-order valence-electron chi connectivity index (χ0n) is 11.1. The Balaban J connectivity index is 1.99. The lowest BCUT2D eigenvalue weighted by molar-refractivity contribution is 0.549.